The number of aromatic nitrogens is 1. The van der Waals surface area contributed by atoms with E-state index in [1.54, 1.807) is 0 Å². The van der Waals surface area contributed by atoms with Crippen LogP contribution in [0.3, 0.4) is 0 Å². The Morgan fingerprint density at radius 1 is 1.29 bits per heavy atom. The van der Waals surface area contributed by atoms with Crippen LogP contribution in [0, 0.1) is 11.3 Å². The van der Waals surface area contributed by atoms with Gasteiger partial charge in [0.05, 0.1) is 16.7 Å². The molecule has 0 radical (unpaired) electrons. The number of pyridine rings is 1. The Hall–Kier alpha value is -2.12. The lowest BCUT2D eigenvalue weighted by Crippen LogP contribution is -2.29. The van der Waals surface area contributed by atoms with E-state index in [0.717, 1.165) is 42.7 Å². The van der Waals surface area contributed by atoms with Crippen LogP contribution in [0.25, 0.3) is 10.9 Å². The fourth-order valence-electron chi connectivity index (χ4n) is 2.90. The Morgan fingerprint density at radius 2 is 2.10 bits per heavy atom. The van der Waals surface area contributed by atoms with E-state index in [4.69, 9.17) is 0 Å². The van der Waals surface area contributed by atoms with Gasteiger partial charge in [0.1, 0.15) is 11.9 Å². The molecule has 0 amide bonds. The van der Waals surface area contributed by atoms with E-state index in [2.05, 4.69) is 16.0 Å². The van der Waals surface area contributed by atoms with Crippen molar-refractivity contribution in [2.75, 3.05) is 18.0 Å². The zero-order valence-corrected chi connectivity index (χ0v) is 12.2. The summed E-state index contributed by atoms with van der Waals surface area (Å²) < 4.78 is 0. The number of hydrogen-bond acceptors (Lipinski definition) is 4. The molecule has 4 heteroatoms. The molecular formula is C17H19N3O. The molecule has 1 aliphatic rings. The number of aliphatic hydroxyl groups is 1. The molecule has 4 nitrogen and oxygen atoms in total. The van der Waals surface area contributed by atoms with Gasteiger partial charge in [0.2, 0.25) is 0 Å². The molecule has 1 unspecified atom stereocenters. The van der Waals surface area contributed by atoms with Gasteiger partial charge in [0.25, 0.3) is 0 Å². The van der Waals surface area contributed by atoms with Crippen LogP contribution in [0.2, 0.25) is 0 Å². The summed E-state index contributed by atoms with van der Waals surface area (Å²) in [5.74, 6) is 0.744. The minimum absolute atomic E-state index is 0.607. The molecule has 2 heterocycles. The van der Waals surface area contributed by atoms with Crippen molar-refractivity contribution in [3.05, 3.63) is 35.9 Å². The van der Waals surface area contributed by atoms with Crippen LogP contribution < -0.4 is 4.90 Å². The maximum atomic E-state index is 10.2. The van der Waals surface area contributed by atoms with Crippen molar-refractivity contribution >= 4 is 16.7 Å². The summed E-state index contributed by atoms with van der Waals surface area (Å²) in [7, 11) is 0. The standard InChI is InChI=1S/C17H19N3O/c1-17(21)7-4-9-20(10-8-17)16-14(12-18)11-13-5-2-3-6-15(13)19-16/h2-3,5-6,11,21H,4,7-10H2,1H3. The summed E-state index contributed by atoms with van der Waals surface area (Å²) >= 11 is 0. The third-order valence-corrected chi connectivity index (χ3v) is 4.19. The highest BCUT2D eigenvalue weighted by atomic mass is 16.3. The lowest BCUT2D eigenvalue weighted by Gasteiger charge is -2.24. The van der Waals surface area contributed by atoms with E-state index >= 15 is 0 Å². The second-order valence-corrected chi connectivity index (χ2v) is 6.00. The molecule has 0 saturated carbocycles. The van der Waals surface area contributed by atoms with Gasteiger partial charge < -0.3 is 10.0 Å². The molecule has 0 aliphatic carbocycles. The molecule has 108 valence electrons. The van der Waals surface area contributed by atoms with Crippen LogP contribution >= 0.6 is 0 Å². The highest BCUT2D eigenvalue weighted by molar-refractivity contribution is 5.83. The lowest BCUT2D eigenvalue weighted by molar-refractivity contribution is 0.0481. The van der Waals surface area contributed by atoms with Crippen LogP contribution in [0.5, 0.6) is 0 Å². The maximum absolute atomic E-state index is 10.2. The first-order valence-corrected chi connectivity index (χ1v) is 7.36. The fraction of sp³-hybridized carbons (Fsp3) is 0.412. The number of nitriles is 1. The second kappa shape index (κ2) is 5.34. The van der Waals surface area contributed by atoms with Crippen molar-refractivity contribution in [3.8, 4) is 6.07 Å². The predicted octanol–water partition coefficient (Wildman–Crippen LogP) is 2.85. The molecule has 1 N–H and O–H groups in total. The lowest BCUT2D eigenvalue weighted by atomic mass is 9.98. The first-order valence-electron chi connectivity index (χ1n) is 7.36. The van der Waals surface area contributed by atoms with E-state index in [1.807, 2.05) is 37.3 Å². The van der Waals surface area contributed by atoms with Gasteiger partial charge in [-0.15, -0.1) is 0 Å². The van der Waals surface area contributed by atoms with Gasteiger partial charge in [-0.2, -0.15) is 5.26 Å². The average molecular weight is 281 g/mol. The third-order valence-electron chi connectivity index (χ3n) is 4.19. The van der Waals surface area contributed by atoms with Crippen LogP contribution in [-0.4, -0.2) is 28.8 Å². The Balaban J connectivity index is 2.01. The summed E-state index contributed by atoms with van der Waals surface area (Å²) in [6.07, 6.45) is 2.40. The minimum Gasteiger partial charge on any atom is -0.390 e. The Morgan fingerprint density at radius 3 is 2.90 bits per heavy atom. The highest BCUT2D eigenvalue weighted by Crippen LogP contribution is 2.28. The van der Waals surface area contributed by atoms with Gasteiger partial charge in [-0.05, 0) is 38.3 Å². The van der Waals surface area contributed by atoms with Crippen molar-refractivity contribution in [1.82, 2.24) is 4.98 Å². The van der Waals surface area contributed by atoms with Gasteiger partial charge >= 0.3 is 0 Å². The fourth-order valence-corrected chi connectivity index (χ4v) is 2.90. The molecule has 1 atom stereocenters. The Bertz CT molecular complexity index is 703. The molecule has 1 aromatic carbocycles. The summed E-state index contributed by atoms with van der Waals surface area (Å²) in [6.45, 7) is 3.44. The van der Waals surface area contributed by atoms with Crippen molar-refractivity contribution in [1.29, 1.82) is 5.26 Å². The smallest absolute Gasteiger partial charge is 0.147 e. The van der Waals surface area contributed by atoms with Crippen molar-refractivity contribution in [2.24, 2.45) is 0 Å². The molecule has 0 bridgehead atoms. The SMILES string of the molecule is CC1(O)CCCN(c2nc3ccccc3cc2C#N)CC1. The minimum atomic E-state index is -0.613. The molecule has 0 spiro atoms. The van der Waals surface area contributed by atoms with Gasteiger partial charge in [0.15, 0.2) is 0 Å². The number of rotatable bonds is 1. The molecular weight excluding hydrogens is 262 g/mol. The zero-order valence-electron chi connectivity index (χ0n) is 12.2. The Labute approximate surface area is 124 Å². The monoisotopic (exact) mass is 281 g/mol. The molecule has 1 fully saturated rings. The van der Waals surface area contributed by atoms with Crippen LogP contribution in [0.4, 0.5) is 5.82 Å². The first-order chi connectivity index (χ1) is 10.1. The molecule has 1 saturated heterocycles. The van der Waals surface area contributed by atoms with Gasteiger partial charge in [-0.25, -0.2) is 4.98 Å². The van der Waals surface area contributed by atoms with E-state index in [1.165, 1.54) is 0 Å². The number of benzene rings is 1. The topological polar surface area (TPSA) is 60.1 Å². The third kappa shape index (κ3) is 2.84. The summed E-state index contributed by atoms with van der Waals surface area (Å²) in [5.41, 5.74) is 0.899. The largest absolute Gasteiger partial charge is 0.390 e. The van der Waals surface area contributed by atoms with Gasteiger partial charge in [0, 0.05) is 18.5 Å². The molecule has 21 heavy (non-hydrogen) atoms. The number of fused-ring (bicyclic) bond motifs is 1. The van der Waals surface area contributed by atoms with E-state index < -0.39 is 5.60 Å². The Kier molecular flexibility index (Phi) is 3.52. The number of nitrogens with zero attached hydrogens (tertiary/aromatic N) is 3. The second-order valence-electron chi connectivity index (χ2n) is 6.00. The highest BCUT2D eigenvalue weighted by Gasteiger charge is 2.26. The zero-order chi connectivity index (χ0) is 14.9. The number of para-hydroxylation sites is 1. The van der Waals surface area contributed by atoms with Crippen molar-refractivity contribution in [3.63, 3.8) is 0 Å². The molecule has 2 aromatic rings. The van der Waals surface area contributed by atoms with Crippen molar-refractivity contribution < 1.29 is 5.11 Å². The molecule has 1 aromatic heterocycles. The maximum Gasteiger partial charge on any atom is 0.147 e. The quantitative estimate of drug-likeness (QED) is 0.873. The average Bonchev–Trinajstić information content (AvgIpc) is 2.66. The van der Waals surface area contributed by atoms with Gasteiger partial charge in [-0.1, -0.05) is 18.2 Å². The van der Waals surface area contributed by atoms with Crippen LogP contribution in [0.15, 0.2) is 30.3 Å². The normalized spacial score (nSPS) is 22.8. The van der Waals surface area contributed by atoms with Crippen LogP contribution in [-0.2, 0) is 0 Å². The number of hydrogen-bond donors (Lipinski definition) is 1. The summed E-state index contributed by atoms with van der Waals surface area (Å²) in [6, 6.07) is 12.0. The summed E-state index contributed by atoms with van der Waals surface area (Å²) in [5, 5.41) is 20.6. The predicted molar refractivity (Wildman–Crippen MR) is 83.1 cm³/mol. The molecule has 1 aliphatic heterocycles. The van der Waals surface area contributed by atoms with E-state index in [9.17, 15) is 10.4 Å². The van der Waals surface area contributed by atoms with Crippen LogP contribution in [0.1, 0.15) is 31.7 Å². The van der Waals surface area contributed by atoms with E-state index in [0.29, 0.717) is 12.0 Å². The molecule has 3 rings (SSSR count). The number of anilines is 1. The van der Waals surface area contributed by atoms with E-state index in [-0.39, 0.29) is 0 Å². The summed E-state index contributed by atoms with van der Waals surface area (Å²) in [4.78, 5) is 6.81. The van der Waals surface area contributed by atoms with Crippen molar-refractivity contribution in [2.45, 2.75) is 31.8 Å². The first kappa shape index (κ1) is 13.8. The van der Waals surface area contributed by atoms with Gasteiger partial charge in [-0.3, -0.25) is 0 Å².